The molecule has 6 nitrogen and oxygen atoms in total. The van der Waals surface area contributed by atoms with Crippen molar-refractivity contribution < 1.29 is 28.8 Å². The van der Waals surface area contributed by atoms with E-state index < -0.39 is 0 Å². The Labute approximate surface area is 557 Å². The first kappa shape index (κ1) is 95.1. The molecular weight excluding hydrogens is 1100 g/mol. The second kappa shape index (κ2) is 37.5. The molecule has 88 heavy (non-hydrogen) atoms. The molecule has 0 spiro atoms. The molecule has 7 atom stereocenters. The Morgan fingerprint density at radius 3 is 0.841 bits per heavy atom. The predicted molar refractivity (Wildman–Crippen MR) is 394 cm³/mol. The summed E-state index contributed by atoms with van der Waals surface area (Å²) in [5.74, 6) is 6.43. The quantitative estimate of drug-likeness (QED) is 0.127. The molecule has 1 rings (SSSR count). The molecule has 1 aliphatic carbocycles. The summed E-state index contributed by atoms with van der Waals surface area (Å²) in [6.07, 6.45) is 12.7. The van der Waals surface area contributed by atoms with Crippen LogP contribution in [0, 0.1) is 118 Å². The van der Waals surface area contributed by atoms with Gasteiger partial charge in [-0.05, 0) is 114 Å². The summed E-state index contributed by atoms with van der Waals surface area (Å²) < 4.78 is 0. The molecule has 7 heteroatoms. The lowest BCUT2D eigenvalue weighted by Gasteiger charge is -2.33. The monoisotopic (exact) mass is 1260 g/mol. The van der Waals surface area contributed by atoms with Crippen molar-refractivity contribution in [2.24, 2.45) is 118 Å². The van der Waals surface area contributed by atoms with E-state index in [0.717, 1.165) is 57.1 Å². The van der Waals surface area contributed by atoms with Crippen molar-refractivity contribution in [3.8, 4) is 0 Å². The second-order valence-corrected chi connectivity index (χ2v) is 42.1. The molecule has 0 aromatic carbocycles. The van der Waals surface area contributed by atoms with Crippen LogP contribution in [0.3, 0.4) is 0 Å². The highest BCUT2D eigenvalue weighted by Crippen LogP contribution is 2.45. The minimum atomic E-state index is -0.209. The number of thioether (sulfide) groups is 1. The van der Waals surface area contributed by atoms with Gasteiger partial charge in [-0.2, -0.15) is 11.8 Å². The molecule has 0 bridgehead atoms. The van der Waals surface area contributed by atoms with E-state index in [1.165, 1.54) is 12.8 Å². The Morgan fingerprint density at radius 2 is 0.602 bits per heavy atom. The third-order valence-corrected chi connectivity index (χ3v) is 16.7. The number of hydrogen-bond acceptors (Lipinski definition) is 7. The van der Waals surface area contributed by atoms with Crippen LogP contribution in [0.25, 0.3) is 0 Å². The molecule has 0 amide bonds. The Morgan fingerprint density at radius 1 is 0.330 bits per heavy atom. The van der Waals surface area contributed by atoms with Gasteiger partial charge in [-0.1, -0.05) is 297 Å². The van der Waals surface area contributed by atoms with E-state index in [-0.39, 0.29) is 94.6 Å². The summed E-state index contributed by atoms with van der Waals surface area (Å²) in [6.45, 7) is 89.0. The zero-order chi connectivity index (χ0) is 72.1. The summed E-state index contributed by atoms with van der Waals surface area (Å²) in [5.41, 5.74) is 0.308. The van der Waals surface area contributed by atoms with E-state index in [0.29, 0.717) is 58.4 Å². The van der Waals surface area contributed by atoms with Crippen LogP contribution < -0.4 is 0 Å². The first-order valence-corrected chi connectivity index (χ1v) is 36.4. The first-order valence-electron chi connectivity index (χ1n) is 35.0. The minimum absolute atomic E-state index is 0.168. The van der Waals surface area contributed by atoms with Crippen LogP contribution >= 0.6 is 11.8 Å². The molecule has 1 aliphatic rings. The van der Waals surface area contributed by atoms with Crippen molar-refractivity contribution in [1.29, 1.82) is 0 Å². The molecule has 0 saturated heterocycles. The predicted octanol–water partition coefficient (Wildman–Crippen LogP) is 24.8. The molecule has 0 unspecified atom stereocenters. The van der Waals surface area contributed by atoms with Crippen molar-refractivity contribution in [3.05, 3.63) is 0 Å². The zero-order valence-electron chi connectivity index (χ0n) is 67.8. The number of carbonyl (C=O) groups excluding carboxylic acids is 6. The van der Waals surface area contributed by atoms with Crippen LogP contribution in [0.5, 0.6) is 0 Å². The van der Waals surface area contributed by atoms with Crippen LogP contribution in [0.1, 0.15) is 355 Å². The summed E-state index contributed by atoms with van der Waals surface area (Å²) >= 11 is 1.77. The van der Waals surface area contributed by atoms with Gasteiger partial charge in [0.15, 0.2) is 0 Å². The summed E-state index contributed by atoms with van der Waals surface area (Å²) in [6, 6.07) is 0. The van der Waals surface area contributed by atoms with Crippen molar-refractivity contribution in [2.45, 2.75) is 355 Å². The fourth-order valence-corrected chi connectivity index (χ4v) is 12.1. The van der Waals surface area contributed by atoms with Gasteiger partial charge in [0.05, 0.1) is 0 Å². The molecule has 1 saturated carbocycles. The Kier molecular flexibility index (Phi) is 40.5. The fourth-order valence-electron chi connectivity index (χ4n) is 11.4. The molecule has 0 aliphatic heterocycles. The maximum absolute atomic E-state index is 12.4. The molecule has 0 aromatic heterocycles. The Hall–Kier alpha value is -1.63. The van der Waals surface area contributed by atoms with Crippen molar-refractivity contribution >= 4 is 46.5 Å². The average Bonchev–Trinajstić information content (AvgIpc) is 4.12. The van der Waals surface area contributed by atoms with Crippen molar-refractivity contribution in [1.82, 2.24) is 0 Å². The number of ketones is 6. The maximum Gasteiger partial charge on any atom is 0.142 e. The molecule has 1 fully saturated rings. The molecular formula is C81H160O6S. The fraction of sp³-hybridized carbons (Fsp3) is 0.926. The molecule has 0 heterocycles. The lowest BCUT2D eigenvalue weighted by Crippen LogP contribution is -2.34. The van der Waals surface area contributed by atoms with Gasteiger partial charge in [-0.3, -0.25) is 28.8 Å². The van der Waals surface area contributed by atoms with Gasteiger partial charge >= 0.3 is 0 Å². The van der Waals surface area contributed by atoms with E-state index in [1.54, 1.807) is 11.8 Å². The highest BCUT2D eigenvalue weighted by atomic mass is 32.2. The third-order valence-electron chi connectivity index (χ3n) is 16.0. The molecule has 0 radical (unpaired) electrons. The van der Waals surface area contributed by atoms with Gasteiger partial charge < -0.3 is 0 Å². The topological polar surface area (TPSA) is 102 Å². The Bertz CT molecular complexity index is 1970. The van der Waals surface area contributed by atoms with Gasteiger partial charge in [0, 0.05) is 73.8 Å². The third kappa shape index (κ3) is 48.1. The molecule has 0 aromatic rings. The van der Waals surface area contributed by atoms with Gasteiger partial charge in [-0.25, -0.2) is 0 Å². The number of rotatable bonds is 19. The Balaban J connectivity index is -0.000000313. The standard InChI is InChI=1S/C15H30O.C14H26O.C14H28O.C13H26OS.C13H26O.C12H24O/c1-9-11(2)12(10-14(3,4)5)13(16)15(6,7)8;1-13(2,3)9-11(10-7-8-10)12(15)14(4,5)6;1-10(2)11(9-13(3,4)5)12(15)14(6,7)8;1-12(2,3)8-10(9-15-7)11(14)13(4,5)6;1-8-10(9-12(2,3)4)11(14)13(5,6)7;1-9(8-11(2,3)4)10(13)12(5,6)7/h11-12H,9-10H2,1-8H3;10-11H,7-9H2,1-6H3;10-11H,9H2,1-8H3;10H,8-9H2,1-7H3;10H,8-9H2,1-7H3;9H,8H2,1-7H3/t11-,12-;2*11-;2*10-;9-/m000011/s1. The van der Waals surface area contributed by atoms with E-state index in [4.69, 9.17) is 0 Å². The van der Waals surface area contributed by atoms with E-state index in [1.807, 2.05) is 132 Å². The van der Waals surface area contributed by atoms with Gasteiger partial charge in [0.2, 0.25) is 0 Å². The molecule has 0 N–H and O–H groups in total. The largest absolute Gasteiger partial charge is 0.299 e. The highest BCUT2D eigenvalue weighted by molar-refractivity contribution is 7.98. The lowest BCUT2D eigenvalue weighted by atomic mass is 9.70. The van der Waals surface area contributed by atoms with Gasteiger partial charge in [0.25, 0.3) is 0 Å². The van der Waals surface area contributed by atoms with Crippen LogP contribution in [-0.2, 0) is 28.8 Å². The van der Waals surface area contributed by atoms with Crippen LogP contribution in [0.15, 0.2) is 0 Å². The minimum Gasteiger partial charge on any atom is -0.299 e. The smallest absolute Gasteiger partial charge is 0.142 e. The number of hydrogen-bond donors (Lipinski definition) is 0. The van der Waals surface area contributed by atoms with Gasteiger partial charge in [-0.15, -0.1) is 0 Å². The summed E-state index contributed by atoms with van der Waals surface area (Å²) in [7, 11) is 0. The van der Waals surface area contributed by atoms with Crippen LogP contribution in [-0.4, -0.2) is 46.7 Å². The SMILES string of the molecule is CC(C)(C)C[C@H](C(=O)C(C)(C)C)C1CC1.CC(C)[C@H](CC(C)(C)C)C(=O)C(C)(C)C.CC[C@H](C)[C@H](CC(C)(C)C)C(=O)C(C)(C)C.CC[C@H](CC(C)(C)C)C(=O)C(C)(C)C.CSC[C@H](CC(C)(C)C)C(=O)C(C)(C)C.C[C@H](CC(C)(C)C)C(=O)C(C)(C)C. The van der Waals surface area contributed by atoms with Gasteiger partial charge in [0.1, 0.15) is 34.7 Å². The second-order valence-electron chi connectivity index (χ2n) is 41.2. The van der Waals surface area contributed by atoms with E-state index in [9.17, 15) is 28.8 Å². The zero-order valence-corrected chi connectivity index (χ0v) is 68.6. The summed E-state index contributed by atoms with van der Waals surface area (Å²) in [5, 5.41) is 0. The normalized spacial score (nSPS) is 16.5. The summed E-state index contributed by atoms with van der Waals surface area (Å²) in [4.78, 5) is 73.2. The van der Waals surface area contributed by atoms with E-state index in [2.05, 4.69) is 166 Å². The van der Waals surface area contributed by atoms with Crippen LogP contribution in [0.4, 0.5) is 0 Å². The average molecular weight is 1260 g/mol. The lowest BCUT2D eigenvalue weighted by molar-refractivity contribution is -0.133. The number of Topliss-reactive ketones (excluding diaryl/α,β-unsaturated/α-hetero) is 6. The van der Waals surface area contributed by atoms with E-state index >= 15 is 0 Å². The molecule has 526 valence electrons. The van der Waals surface area contributed by atoms with Crippen molar-refractivity contribution in [2.75, 3.05) is 12.0 Å². The highest BCUT2D eigenvalue weighted by Gasteiger charge is 2.42. The van der Waals surface area contributed by atoms with Crippen molar-refractivity contribution in [3.63, 3.8) is 0 Å². The maximum atomic E-state index is 12.4. The number of carbonyl (C=O) groups is 6. The first-order chi connectivity index (χ1) is 38.2. The van der Waals surface area contributed by atoms with Crippen LogP contribution in [0.2, 0.25) is 0 Å².